The van der Waals surface area contributed by atoms with Crippen LogP contribution in [0.4, 0.5) is 0 Å². The number of halogens is 1. The van der Waals surface area contributed by atoms with Crippen LogP contribution in [-0.4, -0.2) is 43.7 Å². The minimum atomic E-state index is 0. The molecular weight excluding hydrogens is 409 g/mol. The molecule has 126 valence electrons. The molecule has 0 spiro atoms. The third-order valence-electron chi connectivity index (χ3n) is 2.94. The molecule has 0 aliphatic rings. The minimum absolute atomic E-state index is 0. The molecule has 22 heavy (non-hydrogen) atoms. The third-order valence-corrected chi connectivity index (χ3v) is 3.89. The van der Waals surface area contributed by atoms with Crippen LogP contribution < -0.4 is 15.4 Å². The SMILES string of the molecule is CCNC(=NCC(C)SC)NCCOc1ccc(C)cc1.I. The highest BCUT2D eigenvalue weighted by Crippen LogP contribution is 2.10. The molecule has 0 amide bonds. The maximum atomic E-state index is 5.69. The normalized spacial score (nSPS) is 12.3. The van der Waals surface area contributed by atoms with Gasteiger partial charge < -0.3 is 15.4 Å². The Morgan fingerprint density at radius 1 is 1.27 bits per heavy atom. The van der Waals surface area contributed by atoms with Crippen molar-refractivity contribution in [3.63, 3.8) is 0 Å². The van der Waals surface area contributed by atoms with Crippen molar-refractivity contribution in [3.05, 3.63) is 29.8 Å². The largest absolute Gasteiger partial charge is 0.492 e. The fraction of sp³-hybridized carbons (Fsp3) is 0.562. The number of nitrogens with zero attached hydrogens (tertiary/aromatic N) is 1. The van der Waals surface area contributed by atoms with Crippen LogP contribution >= 0.6 is 35.7 Å². The first-order chi connectivity index (χ1) is 10.2. The number of thioether (sulfide) groups is 1. The lowest BCUT2D eigenvalue weighted by Crippen LogP contribution is -2.39. The van der Waals surface area contributed by atoms with Crippen LogP contribution in [-0.2, 0) is 0 Å². The van der Waals surface area contributed by atoms with E-state index in [9.17, 15) is 0 Å². The van der Waals surface area contributed by atoms with E-state index in [1.54, 1.807) is 0 Å². The second-order valence-corrected chi connectivity index (χ2v) is 6.13. The number of ether oxygens (including phenoxy) is 1. The van der Waals surface area contributed by atoms with E-state index in [2.05, 4.69) is 54.8 Å². The second kappa shape index (κ2) is 12.9. The molecule has 1 aromatic carbocycles. The van der Waals surface area contributed by atoms with Crippen LogP contribution in [0.2, 0.25) is 0 Å². The standard InChI is InChI=1S/C16H27N3OS.HI/c1-5-17-16(19-12-14(3)21-4)18-10-11-20-15-8-6-13(2)7-9-15;/h6-9,14H,5,10-12H2,1-4H3,(H2,17,18,19);1H. The van der Waals surface area contributed by atoms with Crippen LogP contribution in [0.3, 0.4) is 0 Å². The van der Waals surface area contributed by atoms with Gasteiger partial charge in [0.1, 0.15) is 12.4 Å². The summed E-state index contributed by atoms with van der Waals surface area (Å²) in [5.41, 5.74) is 1.24. The average molecular weight is 437 g/mol. The smallest absolute Gasteiger partial charge is 0.191 e. The van der Waals surface area contributed by atoms with Crippen molar-refractivity contribution in [3.8, 4) is 5.75 Å². The Morgan fingerprint density at radius 2 is 1.95 bits per heavy atom. The van der Waals surface area contributed by atoms with Crippen LogP contribution in [0.1, 0.15) is 19.4 Å². The van der Waals surface area contributed by atoms with Crippen LogP contribution in [0.25, 0.3) is 0 Å². The Morgan fingerprint density at radius 3 is 2.55 bits per heavy atom. The van der Waals surface area contributed by atoms with Crippen LogP contribution in [0, 0.1) is 6.92 Å². The van der Waals surface area contributed by atoms with E-state index in [-0.39, 0.29) is 24.0 Å². The molecule has 1 atom stereocenters. The van der Waals surface area contributed by atoms with E-state index in [0.717, 1.165) is 31.3 Å². The average Bonchev–Trinajstić information content (AvgIpc) is 2.50. The van der Waals surface area contributed by atoms with Gasteiger partial charge in [-0.05, 0) is 32.2 Å². The number of rotatable bonds is 8. The van der Waals surface area contributed by atoms with Crippen molar-refractivity contribution in [2.24, 2.45) is 4.99 Å². The molecule has 6 heteroatoms. The molecule has 0 saturated heterocycles. The number of hydrogen-bond acceptors (Lipinski definition) is 3. The zero-order chi connectivity index (χ0) is 15.5. The molecule has 0 heterocycles. The molecule has 0 fully saturated rings. The highest BCUT2D eigenvalue weighted by atomic mass is 127. The molecule has 1 rings (SSSR count). The van der Waals surface area contributed by atoms with Gasteiger partial charge in [-0.3, -0.25) is 4.99 Å². The van der Waals surface area contributed by atoms with Gasteiger partial charge in [-0.1, -0.05) is 24.6 Å². The predicted molar refractivity (Wildman–Crippen MR) is 109 cm³/mol. The van der Waals surface area contributed by atoms with Gasteiger partial charge in [0, 0.05) is 11.8 Å². The minimum Gasteiger partial charge on any atom is -0.492 e. The van der Waals surface area contributed by atoms with Crippen LogP contribution in [0.15, 0.2) is 29.3 Å². The number of guanidine groups is 1. The van der Waals surface area contributed by atoms with Gasteiger partial charge in [-0.2, -0.15) is 11.8 Å². The van der Waals surface area contributed by atoms with Crippen LogP contribution in [0.5, 0.6) is 5.75 Å². The predicted octanol–water partition coefficient (Wildman–Crippen LogP) is 3.30. The Labute approximate surface area is 155 Å². The first-order valence-electron chi connectivity index (χ1n) is 7.40. The molecule has 0 radical (unpaired) electrons. The van der Waals surface area contributed by atoms with Gasteiger partial charge >= 0.3 is 0 Å². The maximum absolute atomic E-state index is 5.69. The first-order valence-corrected chi connectivity index (χ1v) is 8.69. The Bertz CT molecular complexity index is 426. The van der Waals surface area contributed by atoms with Crippen molar-refractivity contribution < 1.29 is 4.74 Å². The zero-order valence-corrected chi connectivity index (χ0v) is 17.0. The summed E-state index contributed by atoms with van der Waals surface area (Å²) in [5, 5.41) is 7.06. The summed E-state index contributed by atoms with van der Waals surface area (Å²) in [6.45, 7) is 9.34. The lowest BCUT2D eigenvalue weighted by atomic mass is 10.2. The summed E-state index contributed by atoms with van der Waals surface area (Å²) in [4.78, 5) is 4.56. The zero-order valence-electron chi connectivity index (χ0n) is 13.9. The maximum Gasteiger partial charge on any atom is 0.191 e. The number of nitrogens with one attached hydrogen (secondary N) is 2. The highest BCUT2D eigenvalue weighted by molar-refractivity contribution is 14.0. The molecular formula is C16H28IN3OS. The molecule has 2 N–H and O–H groups in total. The van der Waals surface area contributed by atoms with Crippen molar-refractivity contribution in [2.45, 2.75) is 26.0 Å². The van der Waals surface area contributed by atoms with E-state index in [4.69, 9.17) is 4.74 Å². The van der Waals surface area contributed by atoms with Crippen molar-refractivity contribution in [1.82, 2.24) is 10.6 Å². The summed E-state index contributed by atoms with van der Waals surface area (Å²) in [6, 6.07) is 8.10. The van der Waals surface area contributed by atoms with Gasteiger partial charge in [0.2, 0.25) is 0 Å². The van der Waals surface area contributed by atoms with Gasteiger partial charge in [-0.15, -0.1) is 24.0 Å². The number of hydrogen-bond donors (Lipinski definition) is 2. The van der Waals surface area contributed by atoms with Gasteiger partial charge in [-0.25, -0.2) is 0 Å². The topological polar surface area (TPSA) is 45.7 Å². The fourth-order valence-electron chi connectivity index (χ4n) is 1.61. The van der Waals surface area contributed by atoms with E-state index >= 15 is 0 Å². The summed E-state index contributed by atoms with van der Waals surface area (Å²) in [7, 11) is 0. The molecule has 0 aliphatic heterocycles. The Hall–Kier alpha value is -0.630. The number of aryl methyl sites for hydroxylation is 1. The van der Waals surface area contributed by atoms with E-state index in [1.165, 1.54) is 5.56 Å². The quantitative estimate of drug-likeness (QED) is 0.284. The van der Waals surface area contributed by atoms with Crippen molar-refractivity contribution in [1.29, 1.82) is 0 Å². The van der Waals surface area contributed by atoms with E-state index < -0.39 is 0 Å². The second-order valence-electron chi connectivity index (χ2n) is 4.85. The molecule has 0 bridgehead atoms. The fourth-order valence-corrected chi connectivity index (χ4v) is 1.83. The monoisotopic (exact) mass is 437 g/mol. The summed E-state index contributed by atoms with van der Waals surface area (Å²) >= 11 is 1.82. The molecule has 1 unspecified atom stereocenters. The highest BCUT2D eigenvalue weighted by Gasteiger charge is 2.00. The van der Waals surface area contributed by atoms with E-state index in [0.29, 0.717) is 11.9 Å². The first kappa shape index (κ1) is 21.4. The lowest BCUT2D eigenvalue weighted by Gasteiger charge is -2.13. The number of benzene rings is 1. The third kappa shape index (κ3) is 9.40. The van der Waals surface area contributed by atoms with Gasteiger partial charge in [0.25, 0.3) is 0 Å². The molecule has 4 nitrogen and oxygen atoms in total. The molecule has 0 aliphatic carbocycles. The van der Waals surface area contributed by atoms with E-state index in [1.807, 2.05) is 23.9 Å². The van der Waals surface area contributed by atoms with Gasteiger partial charge in [0.05, 0.1) is 13.1 Å². The van der Waals surface area contributed by atoms with Crippen molar-refractivity contribution >= 4 is 41.7 Å². The molecule has 0 aromatic heterocycles. The molecule has 1 aromatic rings. The lowest BCUT2D eigenvalue weighted by molar-refractivity contribution is 0.322. The number of aliphatic imine (C=N–C) groups is 1. The van der Waals surface area contributed by atoms with Crippen molar-refractivity contribution in [2.75, 3.05) is 32.5 Å². The molecule has 0 saturated carbocycles. The Kier molecular flexibility index (Phi) is 12.5. The summed E-state index contributed by atoms with van der Waals surface area (Å²) in [6.07, 6.45) is 2.11. The summed E-state index contributed by atoms with van der Waals surface area (Å²) in [5.74, 6) is 1.76. The van der Waals surface area contributed by atoms with Gasteiger partial charge in [0.15, 0.2) is 5.96 Å². The Balaban J connectivity index is 0.00000441. The summed E-state index contributed by atoms with van der Waals surface area (Å²) < 4.78 is 5.69.